The van der Waals surface area contributed by atoms with Gasteiger partial charge in [-0.05, 0) is 56.0 Å². The molecule has 2 heterocycles. The lowest BCUT2D eigenvalue weighted by Gasteiger charge is -2.31. The van der Waals surface area contributed by atoms with Crippen LogP contribution in [0.2, 0.25) is 0 Å². The number of nitrogens with one attached hydrogen (secondary N) is 1. The Labute approximate surface area is 154 Å². The van der Waals surface area contributed by atoms with Gasteiger partial charge in [-0.2, -0.15) is 5.10 Å². The highest BCUT2D eigenvalue weighted by atomic mass is 16.5. The molecule has 1 aliphatic rings. The maximum Gasteiger partial charge on any atom is 0.223 e. The first-order chi connectivity index (χ1) is 12.7. The molecule has 0 spiro atoms. The molecule has 0 saturated carbocycles. The molecule has 2 aromatic rings. The van der Waals surface area contributed by atoms with E-state index in [-0.39, 0.29) is 11.8 Å². The van der Waals surface area contributed by atoms with E-state index in [2.05, 4.69) is 26.5 Å². The maximum absolute atomic E-state index is 12.4. The summed E-state index contributed by atoms with van der Waals surface area (Å²) in [6.45, 7) is 4.26. The molecule has 0 atom stereocenters. The van der Waals surface area contributed by atoms with Gasteiger partial charge >= 0.3 is 0 Å². The highest BCUT2D eigenvalue weighted by Gasteiger charge is 2.25. The monoisotopic (exact) mass is 354 g/mol. The van der Waals surface area contributed by atoms with E-state index in [1.165, 1.54) is 0 Å². The largest absolute Gasteiger partial charge is 0.497 e. The molecule has 1 fully saturated rings. The number of nitrogens with zero attached hydrogens (tertiary/aromatic N) is 3. The molecular formula is C20H26N4O2. The number of piperidine rings is 1. The van der Waals surface area contributed by atoms with Crippen LogP contribution in [0.4, 0.5) is 5.82 Å². The van der Waals surface area contributed by atoms with Crippen molar-refractivity contribution in [1.29, 1.82) is 0 Å². The fourth-order valence-electron chi connectivity index (χ4n) is 3.23. The minimum atomic E-state index is 0.0787. The Morgan fingerprint density at radius 3 is 2.73 bits per heavy atom. The van der Waals surface area contributed by atoms with Gasteiger partial charge in [-0.15, -0.1) is 5.10 Å². The van der Waals surface area contributed by atoms with E-state index in [1.807, 2.05) is 37.3 Å². The maximum atomic E-state index is 12.4. The Morgan fingerprint density at radius 1 is 1.23 bits per heavy atom. The second-order valence-electron chi connectivity index (χ2n) is 6.69. The van der Waals surface area contributed by atoms with Crippen LogP contribution in [0, 0.1) is 12.8 Å². The first kappa shape index (κ1) is 18.2. The topological polar surface area (TPSA) is 67.3 Å². The predicted octanol–water partition coefficient (Wildman–Crippen LogP) is 2.37. The zero-order valence-electron chi connectivity index (χ0n) is 15.4. The summed E-state index contributed by atoms with van der Waals surface area (Å²) in [5.41, 5.74) is 2.08. The number of aryl methyl sites for hydroxylation is 1. The summed E-state index contributed by atoms with van der Waals surface area (Å²) in [7, 11) is 1.66. The molecule has 1 saturated heterocycles. The molecule has 0 unspecified atom stereocenters. The standard InChI is InChI=1S/C20H26N4O2/c1-15-6-7-19(23-22-15)24-12-9-17(10-13-24)20(25)21-11-8-16-4-3-5-18(14-16)26-2/h3-7,14,17H,8-13H2,1-2H3,(H,21,25). The second kappa shape index (κ2) is 8.65. The van der Waals surface area contributed by atoms with Gasteiger partial charge < -0.3 is 15.0 Å². The third-order valence-electron chi connectivity index (χ3n) is 4.82. The van der Waals surface area contributed by atoms with Crippen LogP contribution in [0.3, 0.4) is 0 Å². The Kier molecular flexibility index (Phi) is 6.04. The molecule has 1 amide bonds. The van der Waals surface area contributed by atoms with Gasteiger partial charge in [-0.1, -0.05) is 12.1 Å². The summed E-state index contributed by atoms with van der Waals surface area (Å²) in [4.78, 5) is 14.6. The predicted molar refractivity (Wildman–Crippen MR) is 101 cm³/mol. The van der Waals surface area contributed by atoms with Crippen LogP contribution >= 0.6 is 0 Å². The summed E-state index contributed by atoms with van der Waals surface area (Å²) < 4.78 is 5.23. The van der Waals surface area contributed by atoms with Gasteiger partial charge in [-0.3, -0.25) is 4.79 Å². The molecule has 0 aliphatic carbocycles. The van der Waals surface area contributed by atoms with Gasteiger partial charge in [0.05, 0.1) is 12.8 Å². The molecule has 3 rings (SSSR count). The van der Waals surface area contributed by atoms with Crippen molar-refractivity contribution in [2.45, 2.75) is 26.2 Å². The number of rotatable bonds is 6. The van der Waals surface area contributed by atoms with E-state index < -0.39 is 0 Å². The number of ether oxygens (including phenoxy) is 1. The second-order valence-corrected chi connectivity index (χ2v) is 6.69. The zero-order chi connectivity index (χ0) is 18.4. The van der Waals surface area contributed by atoms with Crippen LogP contribution in [0.15, 0.2) is 36.4 Å². The number of carbonyl (C=O) groups excluding carboxylic acids is 1. The summed E-state index contributed by atoms with van der Waals surface area (Å²) in [6, 6.07) is 11.9. The number of benzene rings is 1. The van der Waals surface area contributed by atoms with Crippen molar-refractivity contribution in [3.05, 3.63) is 47.7 Å². The van der Waals surface area contributed by atoms with E-state index >= 15 is 0 Å². The quantitative estimate of drug-likeness (QED) is 0.863. The van der Waals surface area contributed by atoms with Crippen LogP contribution in [-0.2, 0) is 11.2 Å². The molecule has 0 radical (unpaired) electrons. The van der Waals surface area contributed by atoms with E-state index in [0.29, 0.717) is 6.54 Å². The minimum absolute atomic E-state index is 0.0787. The Balaban J connectivity index is 1.42. The molecule has 1 aromatic heterocycles. The molecule has 1 aromatic carbocycles. The average molecular weight is 354 g/mol. The van der Waals surface area contributed by atoms with E-state index in [4.69, 9.17) is 4.74 Å². The summed E-state index contributed by atoms with van der Waals surface area (Å²) >= 11 is 0. The first-order valence-corrected chi connectivity index (χ1v) is 9.11. The lowest BCUT2D eigenvalue weighted by molar-refractivity contribution is -0.125. The third kappa shape index (κ3) is 4.71. The molecule has 0 bridgehead atoms. The van der Waals surface area contributed by atoms with E-state index in [0.717, 1.165) is 55.2 Å². The van der Waals surface area contributed by atoms with Gasteiger partial charge in [0, 0.05) is 25.6 Å². The normalized spacial score (nSPS) is 14.9. The summed E-state index contributed by atoms with van der Waals surface area (Å²) in [6.07, 6.45) is 2.50. The van der Waals surface area contributed by atoms with Crippen molar-refractivity contribution in [3.8, 4) is 5.75 Å². The van der Waals surface area contributed by atoms with Gasteiger partial charge in [0.2, 0.25) is 5.91 Å². The van der Waals surface area contributed by atoms with Gasteiger partial charge in [-0.25, -0.2) is 0 Å². The van der Waals surface area contributed by atoms with Gasteiger partial charge in [0.15, 0.2) is 5.82 Å². The summed E-state index contributed by atoms with van der Waals surface area (Å²) in [5.74, 6) is 1.98. The average Bonchev–Trinajstić information content (AvgIpc) is 2.69. The zero-order valence-corrected chi connectivity index (χ0v) is 15.4. The van der Waals surface area contributed by atoms with E-state index in [9.17, 15) is 4.79 Å². The Morgan fingerprint density at radius 2 is 2.04 bits per heavy atom. The van der Waals surface area contributed by atoms with Crippen molar-refractivity contribution in [2.75, 3.05) is 31.6 Å². The molecule has 138 valence electrons. The van der Waals surface area contributed by atoms with Crippen molar-refractivity contribution < 1.29 is 9.53 Å². The number of aromatic nitrogens is 2. The van der Waals surface area contributed by atoms with E-state index in [1.54, 1.807) is 7.11 Å². The number of amides is 1. The van der Waals surface area contributed by atoms with Gasteiger partial charge in [0.25, 0.3) is 0 Å². The fourth-order valence-corrected chi connectivity index (χ4v) is 3.23. The number of hydrogen-bond acceptors (Lipinski definition) is 5. The summed E-state index contributed by atoms with van der Waals surface area (Å²) in [5, 5.41) is 11.4. The number of anilines is 1. The highest BCUT2D eigenvalue weighted by molar-refractivity contribution is 5.79. The third-order valence-corrected chi connectivity index (χ3v) is 4.82. The van der Waals surface area contributed by atoms with Crippen LogP contribution in [-0.4, -0.2) is 42.8 Å². The molecule has 6 nitrogen and oxygen atoms in total. The molecule has 1 aliphatic heterocycles. The number of carbonyl (C=O) groups is 1. The SMILES string of the molecule is COc1cccc(CCNC(=O)C2CCN(c3ccc(C)nn3)CC2)c1. The highest BCUT2D eigenvalue weighted by Crippen LogP contribution is 2.21. The molecule has 6 heteroatoms. The lowest BCUT2D eigenvalue weighted by Crippen LogP contribution is -2.41. The van der Waals surface area contributed by atoms with Crippen molar-refractivity contribution in [1.82, 2.24) is 15.5 Å². The van der Waals surface area contributed by atoms with Crippen LogP contribution in [0.25, 0.3) is 0 Å². The number of methoxy groups -OCH3 is 1. The Hall–Kier alpha value is -2.63. The van der Waals surface area contributed by atoms with Crippen LogP contribution in [0.5, 0.6) is 5.75 Å². The smallest absolute Gasteiger partial charge is 0.223 e. The minimum Gasteiger partial charge on any atom is -0.497 e. The Bertz CT molecular complexity index is 725. The molecular weight excluding hydrogens is 328 g/mol. The molecule has 26 heavy (non-hydrogen) atoms. The van der Waals surface area contributed by atoms with Crippen LogP contribution in [0.1, 0.15) is 24.1 Å². The lowest BCUT2D eigenvalue weighted by atomic mass is 9.96. The van der Waals surface area contributed by atoms with Gasteiger partial charge in [0.1, 0.15) is 5.75 Å². The molecule has 1 N–H and O–H groups in total. The van der Waals surface area contributed by atoms with Crippen molar-refractivity contribution in [2.24, 2.45) is 5.92 Å². The van der Waals surface area contributed by atoms with Crippen molar-refractivity contribution in [3.63, 3.8) is 0 Å². The van der Waals surface area contributed by atoms with Crippen LogP contribution < -0.4 is 15.0 Å². The van der Waals surface area contributed by atoms with Crippen molar-refractivity contribution >= 4 is 11.7 Å². The fraction of sp³-hybridized carbons (Fsp3) is 0.450. The number of hydrogen-bond donors (Lipinski definition) is 1. The first-order valence-electron chi connectivity index (χ1n) is 9.11.